The van der Waals surface area contributed by atoms with Crippen LogP contribution in [0.25, 0.3) is 0 Å². The Morgan fingerprint density at radius 2 is 1.80 bits per heavy atom. The van der Waals surface area contributed by atoms with Gasteiger partial charge in [0.1, 0.15) is 23.1 Å². The van der Waals surface area contributed by atoms with Crippen molar-refractivity contribution in [3.05, 3.63) is 11.1 Å². The summed E-state index contributed by atoms with van der Waals surface area (Å²) in [5.41, 5.74) is -2.54. The fourth-order valence-electron chi connectivity index (χ4n) is 10.3. The summed E-state index contributed by atoms with van der Waals surface area (Å²) >= 11 is 0. The molecule has 4 saturated carbocycles. The zero-order valence-electron chi connectivity index (χ0n) is 21.4. The Kier molecular flexibility index (Phi) is 4.94. The van der Waals surface area contributed by atoms with Crippen LogP contribution >= 0.6 is 0 Å². The third-order valence-corrected chi connectivity index (χ3v) is 12.2. The summed E-state index contributed by atoms with van der Waals surface area (Å²) in [4.78, 5) is 26.1. The fraction of sp³-hybridized carbons (Fsp3) is 0.857. The van der Waals surface area contributed by atoms with Crippen LogP contribution in [-0.4, -0.2) is 62.7 Å². The van der Waals surface area contributed by atoms with Crippen molar-refractivity contribution in [3.8, 4) is 0 Å². The van der Waals surface area contributed by atoms with Crippen LogP contribution in [-0.2, 0) is 19.1 Å². The summed E-state index contributed by atoms with van der Waals surface area (Å²) < 4.78 is 13.1. The molecule has 6 aliphatic rings. The van der Waals surface area contributed by atoms with Crippen molar-refractivity contribution in [2.24, 2.45) is 28.6 Å². The molecule has 10 atom stereocenters. The molecule has 6 rings (SSSR count). The van der Waals surface area contributed by atoms with Gasteiger partial charge in [-0.3, -0.25) is 4.79 Å². The number of aliphatic hydroxyl groups excluding tert-OH is 2. The summed E-state index contributed by atoms with van der Waals surface area (Å²) in [5.74, 6) is -0.289. The van der Waals surface area contributed by atoms with Crippen molar-refractivity contribution in [2.45, 2.75) is 114 Å². The summed E-state index contributed by atoms with van der Waals surface area (Å²) in [5, 5.41) is 32.7. The van der Waals surface area contributed by atoms with Crippen molar-refractivity contribution < 1.29 is 34.4 Å². The molecule has 194 valence electrons. The number of ketones is 1. The Labute approximate surface area is 207 Å². The highest BCUT2D eigenvalue weighted by Gasteiger charge is 2.80. The van der Waals surface area contributed by atoms with Gasteiger partial charge in [0.2, 0.25) is 0 Å². The van der Waals surface area contributed by atoms with Crippen molar-refractivity contribution >= 4 is 11.8 Å². The van der Waals surface area contributed by atoms with Crippen LogP contribution < -0.4 is 0 Å². The van der Waals surface area contributed by atoms with E-state index in [9.17, 15) is 24.9 Å². The average molecular weight is 489 g/mol. The van der Waals surface area contributed by atoms with Crippen molar-refractivity contribution in [1.82, 2.24) is 0 Å². The van der Waals surface area contributed by atoms with Gasteiger partial charge >= 0.3 is 5.97 Å². The molecule has 7 heteroatoms. The second-order valence-electron chi connectivity index (χ2n) is 13.1. The minimum Gasteiger partial charge on any atom is -0.456 e. The van der Waals surface area contributed by atoms with Gasteiger partial charge in [0.05, 0.1) is 29.3 Å². The zero-order valence-corrected chi connectivity index (χ0v) is 21.4. The Morgan fingerprint density at radius 3 is 2.49 bits per heavy atom. The molecule has 2 bridgehead atoms. The minimum absolute atomic E-state index is 0.0423. The first-order valence-electron chi connectivity index (χ1n) is 13.5. The van der Waals surface area contributed by atoms with Gasteiger partial charge in [-0.05, 0) is 83.5 Å². The number of aliphatic hydroxyl groups is 3. The van der Waals surface area contributed by atoms with E-state index in [4.69, 9.17) is 9.47 Å². The molecule has 0 spiro atoms. The van der Waals surface area contributed by atoms with Crippen LogP contribution in [0.15, 0.2) is 11.1 Å². The molecule has 35 heavy (non-hydrogen) atoms. The van der Waals surface area contributed by atoms with E-state index in [-0.39, 0.29) is 35.6 Å². The van der Waals surface area contributed by atoms with Crippen LogP contribution in [0, 0.1) is 28.6 Å². The normalized spacial score (nSPS) is 55.3. The van der Waals surface area contributed by atoms with Crippen LogP contribution in [0.3, 0.4) is 0 Å². The lowest BCUT2D eigenvalue weighted by Gasteiger charge is -2.65. The van der Waals surface area contributed by atoms with Gasteiger partial charge in [0, 0.05) is 18.3 Å². The second-order valence-corrected chi connectivity index (χ2v) is 13.1. The lowest BCUT2D eigenvalue weighted by Crippen LogP contribution is -2.72. The highest BCUT2D eigenvalue weighted by molar-refractivity contribution is 5.90. The summed E-state index contributed by atoms with van der Waals surface area (Å²) in [7, 11) is 0. The number of esters is 1. The highest BCUT2D eigenvalue weighted by Crippen LogP contribution is 2.76. The number of rotatable bonds is 2. The number of hydrogen-bond donors (Lipinski definition) is 3. The molecule has 0 aromatic heterocycles. The van der Waals surface area contributed by atoms with Crippen LogP contribution in [0.4, 0.5) is 0 Å². The van der Waals surface area contributed by atoms with Crippen molar-refractivity contribution in [2.75, 3.05) is 6.61 Å². The molecule has 2 heterocycles. The topological polar surface area (TPSA) is 113 Å². The molecular formula is C28H40O7. The molecule has 0 aromatic carbocycles. The van der Waals surface area contributed by atoms with E-state index in [1.54, 1.807) is 0 Å². The molecule has 0 unspecified atom stereocenters. The predicted octanol–water partition coefficient (Wildman–Crippen LogP) is 2.84. The molecule has 7 nitrogen and oxygen atoms in total. The zero-order chi connectivity index (χ0) is 25.2. The maximum atomic E-state index is 13.4. The number of fused-ring (bicyclic) bond motifs is 3. The largest absolute Gasteiger partial charge is 0.456 e. The van der Waals surface area contributed by atoms with E-state index in [0.717, 1.165) is 31.3 Å². The number of carbonyl (C=O) groups excluding carboxylic acids is 2. The maximum Gasteiger partial charge on any atom is 0.336 e. The van der Waals surface area contributed by atoms with Gasteiger partial charge in [-0.1, -0.05) is 12.5 Å². The second kappa shape index (κ2) is 7.18. The number of hydrogen-bond acceptors (Lipinski definition) is 7. The summed E-state index contributed by atoms with van der Waals surface area (Å²) in [6.45, 7) is 7.85. The minimum atomic E-state index is -1.38. The van der Waals surface area contributed by atoms with E-state index in [1.165, 1.54) is 0 Å². The Bertz CT molecular complexity index is 1020. The third kappa shape index (κ3) is 2.56. The standard InChI is InChI=1S/C28H40O7/c1-15-12-22(34-23(32)16(15)14-29)26(4)19-8-11-28(35-26)18-13-21(31)27(33)9-5-6-20(30)25(27,3)17(18)7-10-24(19,28)2/h17-19,21-22,29,31,33H,5-14H2,1-4H3/t17-,18+,19+,21+,22+,24+,25-,26+,27-,28+/m0/s1. The first-order chi connectivity index (χ1) is 16.4. The Balaban J connectivity index is 1.41. The molecule has 0 amide bonds. The van der Waals surface area contributed by atoms with Gasteiger partial charge in [0.25, 0.3) is 0 Å². The lowest BCUT2D eigenvalue weighted by molar-refractivity contribution is -0.281. The summed E-state index contributed by atoms with van der Waals surface area (Å²) in [6.07, 6.45) is 4.62. The molecule has 0 radical (unpaired) electrons. The monoisotopic (exact) mass is 488 g/mol. The van der Waals surface area contributed by atoms with Gasteiger partial charge in [-0.2, -0.15) is 0 Å². The number of Topliss-reactive ketones (excluding diaryl/α,β-unsaturated/α-hetero) is 1. The molecule has 5 fully saturated rings. The molecule has 4 aliphatic carbocycles. The lowest BCUT2D eigenvalue weighted by atomic mass is 9.41. The van der Waals surface area contributed by atoms with Gasteiger partial charge < -0.3 is 24.8 Å². The first kappa shape index (κ1) is 24.1. The SMILES string of the molecule is CC1=C(CO)C(=O)O[C@@H]([C@]2(C)O[C@@]34CC[C@@H]2[C@@]3(C)CC[C@H]2[C@H]4C[C@@H](O)[C@@]3(O)CCCC(=O)[C@]23C)C1. The molecular weight excluding hydrogens is 448 g/mol. The third-order valence-electron chi connectivity index (χ3n) is 12.2. The molecule has 2 aliphatic heterocycles. The van der Waals surface area contributed by atoms with Crippen LogP contribution in [0.5, 0.6) is 0 Å². The van der Waals surface area contributed by atoms with E-state index in [1.807, 2.05) is 13.8 Å². The number of carbonyl (C=O) groups is 2. The average Bonchev–Trinajstić information content (AvgIpc) is 3.20. The molecule has 1 saturated heterocycles. The summed E-state index contributed by atoms with van der Waals surface area (Å²) in [6, 6.07) is 0. The van der Waals surface area contributed by atoms with Gasteiger partial charge in [0.15, 0.2) is 0 Å². The fourth-order valence-corrected chi connectivity index (χ4v) is 10.3. The van der Waals surface area contributed by atoms with E-state index >= 15 is 0 Å². The first-order valence-corrected chi connectivity index (χ1v) is 13.5. The predicted molar refractivity (Wildman–Crippen MR) is 126 cm³/mol. The van der Waals surface area contributed by atoms with E-state index in [0.29, 0.717) is 37.7 Å². The number of cyclic esters (lactones) is 1. The van der Waals surface area contributed by atoms with Crippen LogP contribution in [0.2, 0.25) is 0 Å². The van der Waals surface area contributed by atoms with Crippen molar-refractivity contribution in [3.63, 3.8) is 0 Å². The smallest absolute Gasteiger partial charge is 0.336 e. The Hall–Kier alpha value is -1.28. The van der Waals surface area contributed by atoms with E-state index in [2.05, 4.69) is 13.8 Å². The number of ether oxygens (including phenoxy) is 2. The highest BCUT2D eigenvalue weighted by atomic mass is 16.6. The van der Waals surface area contributed by atoms with Gasteiger partial charge in [-0.15, -0.1) is 0 Å². The van der Waals surface area contributed by atoms with Gasteiger partial charge in [-0.25, -0.2) is 4.79 Å². The Morgan fingerprint density at radius 1 is 1.06 bits per heavy atom. The van der Waals surface area contributed by atoms with Crippen LogP contribution in [0.1, 0.15) is 85.5 Å². The quantitative estimate of drug-likeness (QED) is 0.512. The molecule has 0 aromatic rings. The van der Waals surface area contributed by atoms with E-state index < -0.39 is 40.4 Å². The van der Waals surface area contributed by atoms with Crippen molar-refractivity contribution in [1.29, 1.82) is 0 Å². The molecule has 3 N–H and O–H groups in total. The maximum absolute atomic E-state index is 13.4.